The first-order chi connectivity index (χ1) is 10.2. The Kier molecular flexibility index (Phi) is 6.48. The van der Waals surface area contributed by atoms with E-state index in [0.29, 0.717) is 25.4 Å². The molecular formula is C14H22ClN3O3. The van der Waals surface area contributed by atoms with E-state index in [1.54, 1.807) is 13.3 Å². The van der Waals surface area contributed by atoms with Crippen LogP contribution < -0.4 is 10.9 Å². The summed E-state index contributed by atoms with van der Waals surface area (Å²) in [6, 6.07) is 0. The summed E-state index contributed by atoms with van der Waals surface area (Å²) in [5, 5.41) is 7.36. The Morgan fingerprint density at radius 2 is 2.29 bits per heavy atom. The second-order valence-electron chi connectivity index (χ2n) is 5.19. The van der Waals surface area contributed by atoms with Crippen molar-refractivity contribution in [2.75, 3.05) is 38.8 Å². The van der Waals surface area contributed by atoms with Crippen LogP contribution >= 0.6 is 11.6 Å². The second-order valence-corrected chi connectivity index (χ2v) is 5.57. The Morgan fingerprint density at radius 3 is 3.00 bits per heavy atom. The fourth-order valence-electron chi connectivity index (χ4n) is 1.86. The van der Waals surface area contributed by atoms with Gasteiger partial charge in [0.1, 0.15) is 5.02 Å². The molecule has 1 N–H and O–H groups in total. The Bertz CT molecular complexity index is 503. The molecule has 1 aliphatic carbocycles. The van der Waals surface area contributed by atoms with Gasteiger partial charge in [-0.25, -0.2) is 4.68 Å². The molecular weight excluding hydrogens is 294 g/mol. The van der Waals surface area contributed by atoms with Gasteiger partial charge in [-0.3, -0.25) is 4.79 Å². The van der Waals surface area contributed by atoms with Crippen molar-refractivity contribution in [1.29, 1.82) is 0 Å². The molecule has 1 heterocycles. The van der Waals surface area contributed by atoms with Crippen LogP contribution in [0.2, 0.25) is 5.02 Å². The van der Waals surface area contributed by atoms with Crippen LogP contribution in [0.1, 0.15) is 19.3 Å². The summed E-state index contributed by atoms with van der Waals surface area (Å²) in [6.45, 7) is 3.11. The number of rotatable bonds is 10. The number of hydrogen-bond acceptors (Lipinski definition) is 5. The fourth-order valence-corrected chi connectivity index (χ4v) is 2.07. The van der Waals surface area contributed by atoms with E-state index in [4.69, 9.17) is 21.1 Å². The van der Waals surface area contributed by atoms with Crippen molar-refractivity contribution in [2.24, 2.45) is 5.92 Å². The van der Waals surface area contributed by atoms with Crippen molar-refractivity contribution in [2.45, 2.75) is 25.8 Å². The lowest BCUT2D eigenvalue weighted by atomic mass is 10.4. The third-order valence-electron chi connectivity index (χ3n) is 3.32. The molecule has 0 spiro atoms. The molecule has 0 saturated heterocycles. The van der Waals surface area contributed by atoms with Gasteiger partial charge in [-0.15, -0.1) is 0 Å². The van der Waals surface area contributed by atoms with E-state index in [0.717, 1.165) is 25.6 Å². The average molecular weight is 316 g/mol. The van der Waals surface area contributed by atoms with Gasteiger partial charge in [0.25, 0.3) is 5.56 Å². The molecule has 118 valence electrons. The van der Waals surface area contributed by atoms with Crippen LogP contribution in [0.4, 0.5) is 5.69 Å². The predicted molar refractivity (Wildman–Crippen MR) is 82.0 cm³/mol. The molecule has 1 aromatic heterocycles. The fraction of sp³-hybridized carbons (Fsp3) is 0.714. The zero-order valence-electron chi connectivity index (χ0n) is 12.3. The highest BCUT2D eigenvalue weighted by atomic mass is 35.5. The van der Waals surface area contributed by atoms with Gasteiger partial charge in [0.05, 0.1) is 25.0 Å². The molecule has 21 heavy (non-hydrogen) atoms. The first-order valence-electron chi connectivity index (χ1n) is 7.28. The van der Waals surface area contributed by atoms with Crippen molar-refractivity contribution in [1.82, 2.24) is 9.78 Å². The summed E-state index contributed by atoms with van der Waals surface area (Å²) >= 11 is 6.06. The molecule has 0 radical (unpaired) electrons. The first-order valence-corrected chi connectivity index (χ1v) is 7.66. The number of hydrogen-bond donors (Lipinski definition) is 1. The minimum atomic E-state index is -0.302. The molecule has 2 rings (SSSR count). The molecule has 6 nitrogen and oxygen atoms in total. The van der Waals surface area contributed by atoms with E-state index < -0.39 is 0 Å². The van der Waals surface area contributed by atoms with E-state index >= 15 is 0 Å². The molecule has 0 amide bonds. The number of nitrogens with one attached hydrogen (secondary N) is 1. The summed E-state index contributed by atoms with van der Waals surface area (Å²) in [5.41, 5.74) is 0.265. The molecule has 1 fully saturated rings. The lowest BCUT2D eigenvalue weighted by Gasteiger charge is -2.10. The number of ether oxygens (including phenoxy) is 2. The summed E-state index contributed by atoms with van der Waals surface area (Å²) in [7, 11) is 1.58. The molecule has 0 aromatic carbocycles. The number of nitrogens with zero attached hydrogens (tertiary/aromatic N) is 2. The average Bonchev–Trinajstić information content (AvgIpc) is 3.30. The number of methoxy groups -OCH3 is 1. The molecule has 1 aromatic rings. The van der Waals surface area contributed by atoms with E-state index in [1.165, 1.54) is 17.5 Å². The molecule has 1 aliphatic rings. The Labute approximate surface area is 129 Å². The lowest BCUT2D eigenvalue weighted by molar-refractivity contribution is 0.124. The summed E-state index contributed by atoms with van der Waals surface area (Å²) < 4.78 is 11.8. The van der Waals surface area contributed by atoms with Crippen LogP contribution in [-0.4, -0.2) is 43.3 Å². The third kappa shape index (κ3) is 5.30. The van der Waals surface area contributed by atoms with Gasteiger partial charge in [-0.05, 0) is 25.2 Å². The number of halogens is 1. The van der Waals surface area contributed by atoms with Crippen LogP contribution in [0.25, 0.3) is 0 Å². The first kappa shape index (κ1) is 16.3. The van der Waals surface area contributed by atoms with Crippen LogP contribution in [0.15, 0.2) is 11.0 Å². The molecule has 0 bridgehead atoms. The van der Waals surface area contributed by atoms with E-state index in [-0.39, 0.29) is 10.6 Å². The third-order valence-corrected chi connectivity index (χ3v) is 3.69. The number of anilines is 1. The van der Waals surface area contributed by atoms with Gasteiger partial charge in [0.15, 0.2) is 0 Å². The monoisotopic (exact) mass is 315 g/mol. The topological polar surface area (TPSA) is 65.4 Å². The highest BCUT2D eigenvalue weighted by molar-refractivity contribution is 6.32. The van der Waals surface area contributed by atoms with Gasteiger partial charge >= 0.3 is 0 Å². The van der Waals surface area contributed by atoms with Crippen LogP contribution in [0.5, 0.6) is 0 Å². The quantitative estimate of drug-likeness (QED) is 0.667. The summed E-state index contributed by atoms with van der Waals surface area (Å²) in [6.07, 6.45) is 5.05. The zero-order chi connectivity index (χ0) is 15.1. The van der Waals surface area contributed by atoms with Gasteiger partial charge in [-0.1, -0.05) is 11.6 Å². The Balaban J connectivity index is 1.74. The van der Waals surface area contributed by atoms with E-state index in [9.17, 15) is 4.79 Å². The molecule has 1 saturated carbocycles. The standard InChI is InChI=1S/C14H22ClN3O3/c1-20-8-6-18-14(19)13(15)12(9-17-18)16-5-2-7-21-10-11-3-4-11/h9,11,16H,2-8,10H2,1H3. The van der Waals surface area contributed by atoms with Gasteiger partial charge in [0.2, 0.25) is 0 Å². The van der Waals surface area contributed by atoms with E-state index in [1.807, 2.05) is 0 Å². The van der Waals surface area contributed by atoms with Crippen molar-refractivity contribution in [3.05, 3.63) is 21.6 Å². The Hall–Kier alpha value is -1.11. The maximum absolute atomic E-state index is 12.0. The van der Waals surface area contributed by atoms with Crippen LogP contribution in [-0.2, 0) is 16.0 Å². The maximum Gasteiger partial charge on any atom is 0.287 e. The van der Waals surface area contributed by atoms with Gasteiger partial charge in [0, 0.05) is 26.9 Å². The lowest BCUT2D eigenvalue weighted by Crippen LogP contribution is -2.26. The van der Waals surface area contributed by atoms with Crippen LogP contribution in [0.3, 0.4) is 0 Å². The minimum absolute atomic E-state index is 0.167. The maximum atomic E-state index is 12.0. The van der Waals surface area contributed by atoms with Crippen molar-refractivity contribution in [3.8, 4) is 0 Å². The number of aromatic nitrogens is 2. The van der Waals surface area contributed by atoms with E-state index in [2.05, 4.69) is 10.4 Å². The predicted octanol–water partition coefficient (Wildman–Crippen LogP) is 1.77. The second kappa shape index (κ2) is 8.36. The normalized spacial score (nSPS) is 14.4. The minimum Gasteiger partial charge on any atom is -0.383 e. The van der Waals surface area contributed by atoms with Crippen molar-refractivity contribution < 1.29 is 9.47 Å². The zero-order valence-corrected chi connectivity index (χ0v) is 13.1. The SMILES string of the molecule is COCCn1ncc(NCCCOCC2CC2)c(Cl)c1=O. The molecule has 7 heteroatoms. The van der Waals surface area contributed by atoms with Crippen molar-refractivity contribution in [3.63, 3.8) is 0 Å². The molecule has 0 atom stereocenters. The van der Waals surface area contributed by atoms with Crippen molar-refractivity contribution >= 4 is 17.3 Å². The highest BCUT2D eigenvalue weighted by Gasteiger charge is 2.20. The largest absolute Gasteiger partial charge is 0.383 e. The summed E-state index contributed by atoms with van der Waals surface area (Å²) in [5.74, 6) is 0.788. The van der Waals surface area contributed by atoms with Crippen LogP contribution in [0, 0.1) is 5.92 Å². The van der Waals surface area contributed by atoms with Gasteiger partial charge < -0.3 is 14.8 Å². The van der Waals surface area contributed by atoms with Gasteiger partial charge in [-0.2, -0.15) is 5.10 Å². The summed E-state index contributed by atoms with van der Waals surface area (Å²) in [4.78, 5) is 12.0. The molecule has 0 aliphatic heterocycles. The Morgan fingerprint density at radius 1 is 1.48 bits per heavy atom. The highest BCUT2D eigenvalue weighted by Crippen LogP contribution is 2.28. The smallest absolute Gasteiger partial charge is 0.287 e. The molecule has 0 unspecified atom stereocenters.